The smallest absolute Gasteiger partial charge is 0.262 e. The third-order valence-electron chi connectivity index (χ3n) is 3.95. The Balaban J connectivity index is 2.21. The minimum absolute atomic E-state index is 0.0683. The van der Waals surface area contributed by atoms with Gasteiger partial charge in [0, 0.05) is 26.2 Å². The van der Waals surface area contributed by atoms with E-state index < -0.39 is 10.0 Å². The largest absolute Gasteiger partial charge is 0.381 e. The maximum Gasteiger partial charge on any atom is 0.262 e. The predicted molar refractivity (Wildman–Crippen MR) is 77.7 cm³/mol. The standard InChI is InChI=1S/C12H23N5O2S/c1-4-16(5-2)10-6-7-17(8-10)20(18,19)12-11(13)14-9-15(12)3/h9-10H,4-8,13H2,1-3H3. The van der Waals surface area contributed by atoms with Crippen molar-refractivity contribution in [3.05, 3.63) is 6.33 Å². The minimum Gasteiger partial charge on any atom is -0.381 e. The van der Waals surface area contributed by atoms with Crippen molar-refractivity contribution in [3.63, 3.8) is 0 Å². The van der Waals surface area contributed by atoms with E-state index in [-0.39, 0.29) is 16.9 Å². The van der Waals surface area contributed by atoms with E-state index in [0.29, 0.717) is 13.1 Å². The molecule has 1 aromatic rings. The first kappa shape index (κ1) is 15.3. The Hall–Kier alpha value is -1.12. The third kappa shape index (κ3) is 2.55. The molecule has 1 aromatic heterocycles. The van der Waals surface area contributed by atoms with E-state index in [0.717, 1.165) is 19.5 Å². The minimum atomic E-state index is -3.56. The quantitative estimate of drug-likeness (QED) is 0.834. The molecular weight excluding hydrogens is 278 g/mol. The Morgan fingerprint density at radius 2 is 2.10 bits per heavy atom. The average Bonchev–Trinajstić information content (AvgIpc) is 2.99. The molecule has 1 aliphatic heterocycles. The molecule has 0 aliphatic carbocycles. The monoisotopic (exact) mass is 301 g/mol. The van der Waals surface area contributed by atoms with Gasteiger partial charge in [-0.15, -0.1) is 0 Å². The van der Waals surface area contributed by atoms with Crippen molar-refractivity contribution >= 4 is 15.8 Å². The number of imidazole rings is 1. The maximum atomic E-state index is 12.6. The highest BCUT2D eigenvalue weighted by molar-refractivity contribution is 7.89. The Kier molecular flexibility index (Phi) is 4.36. The molecule has 2 heterocycles. The van der Waals surface area contributed by atoms with Gasteiger partial charge < -0.3 is 10.3 Å². The van der Waals surface area contributed by atoms with Gasteiger partial charge in [-0.25, -0.2) is 13.4 Å². The van der Waals surface area contributed by atoms with Gasteiger partial charge in [0.1, 0.15) is 0 Å². The zero-order valence-corrected chi connectivity index (χ0v) is 13.1. The van der Waals surface area contributed by atoms with Gasteiger partial charge in [-0.05, 0) is 19.5 Å². The van der Waals surface area contributed by atoms with Crippen molar-refractivity contribution in [3.8, 4) is 0 Å². The van der Waals surface area contributed by atoms with Crippen LogP contribution in [0.4, 0.5) is 5.82 Å². The van der Waals surface area contributed by atoms with Gasteiger partial charge in [-0.1, -0.05) is 13.8 Å². The van der Waals surface area contributed by atoms with Crippen LogP contribution in [0.5, 0.6) is 0 Å². The molecular formula is C12H23N5O2S. The van der Waals surface area contributed by atoms with E-state index in [1.807, 2.05) is 0 Å². The van der Waals surface area contributed by atoms with Crippen molar-refractivity contribution in [2.45, 2.75) is 31.3 Å². The highest BCUT2D eigenvalue weighted by atomic mass is 32.2. The lowest BCUT2D eigenvalue weighted by molar-refractivity contribution is 0.224. The molecule has 20 heavy (non-hydrogen) atoms. The summed E-state index contributed by atoms with van der Waals surface area (Å²) in [5.74, 6) is 0.0683. The molecule has 1 atom stereocenters. The SMILES string of the molecule is CCN(CC)C1CCN(S(=O)(=O)c2c(N)ncn2C)C1. The molecule has 7 nitrogen and oxygen atoms in total. The van der Waals surface area contributed by atoms with Crippen LogP contribution in [0.2, 0.25) is 0 Å². The number of likely N-dealkylation sites (N-methyl/N-ethyl adjacent to an activating group) is 1. The topological polar surface area (TPSA) is 84.5 Å². The van der Waals surface area contributed by atoms with Crippen molar-refractivity contribution in [1.82, 2.24) is 18.8 Å². The van der Waals surface area contributed by atoms with Gasteiger partial charge in [0.15, 0.2) is 10.8 Å². The molecule has 0 bridgehead atoms. The highest BCUT2D eigenvalue weighted by Crippen LogP contribution is 2.26. The third-order valence-corrected chi connectivity index (χ3v) is 5.95. The number of nitrogens with zero attached hydrogens (tertiary/aromatic N) is 4. The zero-order chi connectivity index (χ0) is 14.9. The van der Waals surface area contributed by atoms with E-state index in [1.54, 1.807) is 7.05 Å². The molecule has 1 fully saturated rings. The normalized spacial score (nSPS) is 20.9. The summed E-state index contributed by atoms with van der Waals surface area (Å²) in [6.45, 7) is 7.12. The number of hydrogen-bond donors (Lipinski definition) is 1. The number of aryl methyl sites for hydroxylation is 1. The van der Waals surface area contributed by atoms with Gasteiger partial charge >= 0.3 is 0 Å². The lowest BCUT2D eigenvalue weighted by Crippen LogP contribution is -2.39. The Morgan fingerprint density at radius 3 is 2.60 bits per heavy atom. The van der Waals surface area contributed by atoms with Crippen LogP contribution in [0.15, 0.2) is 11.4 Å². The summed E-state index contributed by atoms with van der Waals surface area (Å²) in [6, 6.07) is 0.286. The van der Waals surface area contributed by atoms with E-state index in [2.05, 4.69) is 23.7 Å². The number of hydrogen-bond acceptors (Lipinski definition) is 5. The number of sulfonamides is 1. The molecule has 2 N–H and O–H groups in total. The van der Waals surface area contributed by atoms with Crippen LogP contribution >= 0.6 is 0 Å². The van der Waals surface area contributed by atoms with Crippen molar-refractivity contribution in [2.24, 2.45) is 7.05 Å². The summed E-state index contributed by atoms with van der Waals surface area (Å²) in [6.07, 6.45) is 2.29. The van der Waals surface area contributed by atoms with Crippen LogP contribution < -0.4 is 5.73 Å². The lowest BCUT2D eigenvalue weighted by atomic mass is 10.2. The highest BCUT2D eigenvalue weighted by Gasteiger charge is 2.37. The zero-order valence-electron chi connectivity index (χ0n) is 12.3. The van der Waals surface area contributed by atoms with E-state index in [4.69, 9.17) is 5.73 Å². The number of rotatable bonds is 5. The molecule has 1 unspecified atom stereocenters. The summed E-state index contributed by atoms with van der Waals surface area (Å²) in [5.41, 5.74) is 5.69. The van der Waals surface area contributed by atoms with Crippen molar-refractivity contribution in [2.75, 3.05) is 31.9 Å². The van der Waals surface area contributed by atoms with Crippen molar-refractivity contribution < 1.29 is 8.42 Å². The second-order valence-electron chi connectivity index (χ2n) is 5.07. The molecule has 8 heteroatoms. The molecule has 0 spiro atoms. The molecule has 0 amide bonds. The first-order chi connectivity index (χ1) is 9.41. The number of nitrogens with two attached hydrogens (primary N) is 1. The summed E-state index contributed by atoms with van der Waals surface area (Å²) >= 11 is 0. The summed E-state index contributed by atoms with van der Waals surface area (Å²) in [7, 11) is -1.91. The van der Waals surface area contributed by atoms with Gasteiger partial charge in [-0.2, -0.15) is 4.31 Å². The molecule has 0 radical (unpaired) electrons. The van der Waals surface area contributed by atoms with Crippen LogP contribution in [-0.2, 0) is 17.1 Å². The lowest BCUT2D eigenvalue weighted by Gasteiger charge is -2.26. The average molecular weight is 301 g/mol. The first-order valence-electron chi connectivity index (χ1n) is 6.92. The van der Waals surface area contributed by atoms with E-state index in [9.17, 15) is 8.42 Å². The number of anilines is 1. The Labute approximate surface area is 120 Å². The van der Waals surface area contributed by atoms with Crippen LogP contribution in [0.3, 0.4) is 0 Å². The fourth-order valence-corrected chi connectivity index (χ4v) is 4.53. The van der Waals surface area contributed by atoms with Crippen LogP contribution in [0.1, 0.15) is 20.3 Å². The molecule has 2 rings (SSSR count). The van der Waals surface area contributed by atoms with Gasteiger partial charge in [0.25, 0.3) is 10.0 Å². The maximum absolute atomic E-state index is 12.6. The van der Waals surface area contributed by atoms with Gasteiger partial charge in [0.2, 0.25) is 0 Å². The molecule has 1 aliphatic rings. The Morgan fingerprint density at radius 1 is 1.45 bits per heavy atom. The molecule has 114 valence electrons. The fourth-order valence-electron chi connectivity index (χ4n) is 2.84. The van der Waals surface area contributed by atoms with Gasteiger partial charge in [0.05, 0.1) is 6.33 Å². The summed E-state index contributed by atoms with van der Waals surface area (Å²) in [4.78, 5) is 6.16. The molecule has 0 saturated carbocycles. The molecule has 0 aromatic carbocycles. The number of aromatic nitrogens is 2. The summed E-state index contributed by atoms with van der Waals surface area (Å²) in [5, 5.41) is 0.0951. The second-order valence-corrected chi connectivity index (χ2v) is 6.93. The Bertz CT molecular complexity index is 545. The van der Waals surface area contributed by atoms with E-state index in [1.165, 1.54) is 15.2 Å². The van der Waals surface area contributed by atoms with E-state index >= 15 is 0 Å². The van der Waals surface area contributed by atoms with Crippen LogP contribution in [0.25, 0.3) is 0 Å². The summed E-state index contributed by atoms with van der Waals surface area (Å²) < 4.78 is 28.3. The van der Waals surface area contributed by atoms with Crippen molar-refractivity contribution in [1.29, 1.82) is 0 Å². The number of nitrogen functional groups attached to an aromatic ring is 1. The fraction of sp³-hybridized carbons (Fsp3) is 0.750. The first-order valence-corrected chi connectivity index (χ1v) is 8.36. The molecule has 1 saturated heterocycles. The second kappa shape index (κ2) is 5.71. The van der Waals surface area contributed by atoms with Crippen LogP contribution in [-0.4, -0.2) is 59.4 Å². The van der Waals surface area contributed by atoms with Gasteiger partial charge in [-0.3, -0.25) is 4.90 Å². The van der Waals surface area contributed by atoms with Crippen LogP contribution in [0, 0.1) is 0 Å². The predicted octanol–water partition coefficient (Wildman–Crippen LogP) is 0.107.